The molecule has 0 spiro atoms. The Bertz CT molecular complexity index is 677. The molecule has 0 aromatic heterocycles. The third-order valence-electron chi connectivity index (χ3n) is 3.27. The summed E-state index contributed by atoms with van der Waals surface area (Å²) in [7, 11) is 0. The van der Waals surface area contributed by atoms with E-state index in [0.29, 0.717) is 0 Å². The summed E-state index contributed by atoms with van der Waals surface area (Å²) < 4.78 is 130. The van der Waals surface area contributed by atoms with Crippen molar-refractivity contribution >= 4 is 17.9 Å². The SMILES string of the molecule is C=C(C)C(=O)OCC(=O)OCC(=O)OC1(F)C(F)(F)C(F)(F)C(F)(F)C1(F)F. The average molecular weight is 432 g/mol. The van der Waals surface area contributed by atoms with Crippen molar-refractivity contribution in [2.24, 2.45) is 0 Å². The van der Waals surface area contributed by atoms with E-state index >= 15 is 0 Å². The Morgan fingerprint density at radius 1 is 0.714 bits per heavy atom. The van der Waals surface area contributed by atoms with Gasteiger partial charge < -0.3 is 14.2 Å². The molecule has 0 atom stereocenters. The van der Waals surface area contributed by atoms with E-state index < -0.39 is 60.7 Å². The first-order valence-corrected chi connectivity index (χ1v) is 6.77. The lowest BCUT2D eigenvalue weighted by Crippen LogP contribution is -2.57. The van der Waals surface area contributed by atoms with Gasteiger partial charge in [0, 0.05) is 5.57 Å². The van der Waals surface area contributed by atoms with Gasteiger partial charge in [0.15, 0.2) is 13.2 Å². The number of carbonyl (C=O) groups is 3. The van der Waals surface area contributed by atoms with E-state index in [0.717, 1.165) is 0 Å². The summed E-state index contributed by atoms with van der Waals surface area (Å²) >= 11 is 0. The van der Waals surface area contributed by atoms with Gasteiger partial charge in [-0.3, -0.25) is 0 Å². The monoisotopic (exact) mass is 432 g/mol. The number of esters is 3. The van der Waals surface area contributed by atoms with Crippen LogP contribution in [0.1, 0.15) is 6.92 Å². The molecule has 0 radical (unpaired) electrons. The summed E-state index contributed by atoms with van der Waals surface area (Å²) in [6.45, 7) is 1.14. The Labute approximate surface area is 149 Å². The van der Waals surface area contributed by atoms with Gasteiger partial charge in [0.1, 0.15) is 0 Å². The van der Waals surface area contributed by atoms with E-state index in [1.165, 1.54) is 6.92 Å². The summed E-state index contributed by atoms with van der Waals surface area (Å²) in [5.41, 5.74) is -0.181. The van der Waals surface area contributed by atoms with Crippen LogP contribution in [0, 0.1) is 0 Å². The number of rotatable bonds is 6. The van der Waals surface area contributed by atoms with Crippen molar-refractivity contribution in [3.8, 4) is 0 Å². The van der Waals surface area contributed by atoms with E-state index in [4.69, 9.17) is 0 Å². The second-order valence-electron chi connectivity index (χ2n) is 5.38. The fourth-order valence-corrected chi connectivity index (χ4v) is 1.74. The molecule has 0 aromatic rings. The van der Waals surface area contributed by atoms with Crippen LogP contribution in [0.15, 0.2) is 12.2 Å². The number of alkyl halides is 9. The van der Waals surface area contributed by atoms with Crippen LogP contribution < -0.4 is 0 Å². The van der Waals surface area contributed by atoms with Crippen LogP contribution in [0.5, 0.6) is 0 Å². The molecule has 1 fully saturated rings. The van der Waals surface area contributed by atoms with Crippen molar-refractivity contribution in [1.82, 2.24) is 0 Å². The molecule has 1 aliphatic carbocycles. The number of ether oxygens (including phenoxy) is 3. The molecule has 28 heavy (non-hydrogen) atoms. The normalized spacial score (nSPS) is 22.8. The van der Waals surface area contributed by atoms with Crippen LogP contribution in [0.2, 0.25) is 0 Å². The molecular formula is C13H9F9O6. The zero-order valence-electron chi connectivity index (χ0n) is 13.5. The molecule has 6 nitrogen and oxygen atoms in total. The van der Waals surface area contributed by atoms with Crippen LogP contribution in [-0.2, 0) is 28.6 Å². The highest BCUT2D eigenvalue weighted by atomic mass is 19.4. The molecule has 0 aliphatic heterocycles. The summed E-state index contributed by atoms with van der Waals surface area (Å²) in [6, 6.07) is 0. The van der Waals surface area contributed by atoms with Crippen molar-refractivity contribution in [3.05, 3.63) is 12.2 Å². The standard InChI is InChI=1S/C13H9F9O6/c1-5(2)8(25)27-3-6(23)26-4-7(24)28-13(22)11(18,19)9(14,15)10(16,17)12(13,20)21/h1,3-4H2,2H3. The van der Waals surface area contributed by atoms with Gasteiger partial charge in [0.05, 0.1) is 0 Å². The fourth-order valence-electron chi connectivity index (χ4n) is 1.74. The van der Waals surface area contributed by atoms with E-state index in [1.54, 1.807) is 0 Å². The maximum absolute atomic E-state index is 13.9. The zero-order valence-corrected chi connectivity index (χ0v) is 13.5. The van der Waals surface area contributed by atoms with E-state index in [2.05, 4.69) is 20.8 Å². The summed E-state index contributed by atoms with van der Waals surface area (Å²) in [6.07, 6.45) is 0. The van der Waals surface area contributed by atoms with Gasteiger partial charge >= 0.3 is 47.5 Å². The predicted octanol–water partition coefficient (Wildman–Crippen LogP) is 2.41. The minimum atomic E-state index is -6.92. The first kappa shape index (κ1) is 23.6. The third kappa shape index (κ3) is 3.15. The topological polar surface area (TPSA) is 78.9 Å². The molecule has 160 valence electrons. The molecule has 0 bridgehead atoms. The second-order valence-corrected chi connectivity index (χ2v) is 5.38. The Kier molecular flexibility index (Phi) is 5.76. The van der Waals surface area contributed by atoms with Crippen LogP contribution in [0.3, 0.4) is 0 Å². The molecule has 1 rings (SSSR count). The maximum Gasteiger partial charge on any atom is 0.391 e. The van der Waals surface area contributed by atoms with Crippen molar-refractivity contribution in [2.45, 2.75) is 36.5 Å². The van der Waals surface area contributed by atoms with Gasteiger partial charge in [0.2, 0.25) is 0 Å². The Hall–Kier alpha value is -2.48. The Morgan fingerprint density at radius 2 is 1.11 bits per heavy atom. The van der Waals surface area contributed by atoms with Gasteiger partial charge in [-0.25, -0.2) is 14.4 Å². The van der Waals surface area contributed by atoms with Crippen molar-refractivity contribution in [1.29, 1.82) is 0 Å². The van der Waals surface area contributed by atoms with Gasteiger partial charge in [-0.2, -0.15) is 39.5 Å². The van der Waals surface area contributed by atoms with Crippen LogP contribution >= 0.6 is 0 Å². The third-order valence-corrected chi connectivity index (χ3v) is 3.27. The zero-order chi connectivity index (χ0) is 22.3. The lowest BCUT2D eigenvalue weighted by Gasteiger charge is -2.29. The van der Waals surface area contributed by atoms with Crippen molar-refractivity contribution < 1.29 is 68.1 Å². The summed E-state index contributed by atoms with van der Waals surface area (Å²) in [5.74, 6) is -39.3. The summed E-state index contributed by atoms with van der Waals surface area (Å²) in [5, 5.41) is 0. The fraction of sp³-hybridized carbons (Fsp3) is 0.615. The predicted molar refractivity (Wildman–Crippen MR) is 66.5 cm³/mol. The lowest BCUT2D eigenvalue weighted by molar-refractivity contribution is -0.343. The van der Waals surface area contributed by atoms with Crippen molar-refractivity contribution in [2.75, 3.05) is 13.2 Å². The highest BCUT2D eigenvalue weighted by Crippen LogP contribution is 2.69. The molecule has 0 unspecified atom stereocenters. The average Bonchev–Trinajstić information content (AvgIpc) is 2.60. The van der Waals surface area contributed by atoms with E-state index in [1.807, 2.05) is 0 Å². The Balaban J connectivity index is 2.86. The maximum atomic E-state index is 13.9. The number of carbonyl (C=O) groups excluding carboxylic acids is 3. The van der Waals surface area contributed by atoms with Crippen LogP contribution in [0.25, 0.3) is 0 Å². The smallest absolute Gasteiger partial charge is 0.391 e. The van der Waals surface area contributed by atoms with Crippen LogP contribution in [-0.4, -0.2) is 60.7 Å². The molecule has 0 heterocycles. The van der Waals surface area contributed by atoms with Gasteiger partial charge in [-0.15, -0.1) is 0 Å². The van der Waals surface area contributed by atoms with E-state index in [-0.39, 0.29) is 5.57 Å². The first-order valence-electron chi connectivity index (χ1n) is 6.77. The van der Waals surface area contributed by atoms with Crippen LogP contribution in [0.4, 0.5) is 39.5 Å². The minimum absolute atomic E-state index is 0.181. The molecule has 0 aromatic carbocycles. The molecule has 1 saturated carbocycles. The number of hydrogen-bond donors (Lipinski definition) is 0. The summed E-state index contributed by atoms with van der Waals surface area (Å²) in [4.78, 5) is 33.2. The largest absolute Gasteiger partial charge is 0.451 e. The lowest BCUT2D eigenvalue weighted by atomic mass is 10.1. The molecule has 0 amide bonds. The molecule has 1 aliphatic rings. The van der Waals surface area contributed by atoms with Gasteiger partial charge in [-0.1, -0.05) is 6.58 Å². The quantitative estimate of drug-likeness (QED) is 0.278. The molecule has 0 N–H and O–H groups in total. The molecule has 0 saturated heterocycles. The number of halogens is 9. The Morgan fingerprint density at radius 3 is 1.50 bits per heavy atom. The van der Waals surface area contributed by atoms with Crippen molar-refractivity contribution in [3.63, 3.8) is 0 Å². The highest BCUT2D eigenvalue weighted by Gasteiger charge is 3.03. The molecule has 15 heteroatoms. The van der Waals surface area contributed by atoms with E-state index in [9.17, 15) is 53.9 Å². The number of hydrogen-bond acceptors (Lipinski definition) is 6. The van der Waals surface area contributed by atoms with Gasteiger partial charge in [0.25, 0.3) is 0 Å². The second kappa shape index (κ2) is 6.84. The highest BCUT2D eigenvalue weighted by molar-refractivity contribution is 5.88. The minimum Gasteiger partial charge on any atom is -0.451 e. The van der Waals surface area contributed by atoms with Gasteiger partial charge in [-0.05, 0) is 6.92 Å². The first-order chi connectivity index (χ1) is 12.4. The molecular weight excluding hydrogens is 423 g/mol.